The number of aryl methyl sites for hydroxylation is 1. The lowest BCUT2D eigenvalue weighted by molar-refractivity contribution is -0.140. The number of aliphatic hydroxyl groups excluding tert-OH is 1. The summed E-state index contributed by atoms with van der Waals surface area (Å²) in [6.07, 6.45) is -9.81. The molecule has 1 N–H and O–H groups in total. The summed E-state index contributed by atoms with van der Waals surface area (Å²) >= 11 is 11.6. The fourth-order valence-corrected chi connectivity index (χ4v) is 3.12. The van der Waals surface area contributed by atoms with Gasteiger partial charge in [0.25, 0.3) is 0 Å². The summed E-state index contributed by atoms with van der Waals surface area (Å²) in [7, 11) is 0. The number of alkyl halides is 6. The molecule has 0 saturated carbocycles. The van der Waals surface area contributed by atoms with Gasteiger partial charge >= 0.3 is 12.4 Å². The van der Waals surface area contributed by atoms with Gasteiger partial charge < -0.3 is 5.11 Å². The topological polar surface area (TPSA) is 20.2 Å². The van der Waals surface area contributed by atoms with Crippen LogP contribution < -0.4 is 0 Å². The van der Waals surface area contributed by atoms with E-state index in [1.165, 1.54) is 6.92 Å². The molecule has 0 bridgehead atoms. The van der Waals surface area contributed by atoms with Crippen molar-refractivity contribution in [1.29, 1.82) is 0 Å². The van der Waals surface area contributed by atoms with Crippen LogP contribution >= 0.6 is 23.2 Å². The third kappa shape index (κ3) is 5.29. The molecular formula is C20H13Cl2F7O. The van der Waals surface area contributed by atoms with E-state index in [2.05, 4.69) is 6.58 Å². The lowest BCUT2D eigenvalue weighted by atomic mass is 9.94. The van der Waals surface area contributed by atoms with Crippen molar-refractivity contribution in [3.05, 3.63) is 80.8 Å². The SMILES string of the molecule is C=C(O)c1ccc(/C(F)=C/C(c2cc(C)c(Cl)c(Cl)c2)C(F)(F)F)cc1C(F)(F)F. The largest absolute Gasteiger partial charge is 0.508 e. The van der Waals surface area contributed by atoms with Gasteiger partial charge in [0.1, 0.15) is 17.5 Å². The van der Waals surface area contributed by atoms with Gasteiger partial charge in [-0.1, -0.05) is 41.9 Å². The smallest absolute Gasteiger partial charge is 0.417 e. The predicted molar refractivity (Wildman–Crippen MR) is 102 cm³/mol. The second-order valence-electron chi connectivity index (χ2n) is 6.37. The van der Waals surface area contributed by atoms with E-state index < -0.39 is 52.1 Å². The van der Waals surface area contributed by atoms with Crippen LogP contribution in [0, 0.1) is 6.92 Å². The van der Waals surface area contributed by atoms with E-state index in [0.29, 0.717) is 6.07 Å². The Kier molecular flexibility index (Phi) is 6.83. The second kappa shape index (κ2) is 8.51. The molecule has 0 aliphatic carbocycles. The lowest BCUT2D eigenvalue weighted by Crippen LogP contribution is -2.19. The van der Waals surface area contributed by atoms with Crippen molar-refractivity contribution in [1.82, 2.24) is 0 Å². The highest BCUT2D eigenvalue weighted by atomic mass is 35.5. The summed E-state index contributed by atoms with van der Waals surface area (Å²) in [6, 6.07) is 3.82. The Morgan fingerprint density at radius 3 is 2.13 bits per heavy atom. The van der Waals surface area contributed by atoms with Crippen LogP contribution in [0.1, 0.15) is 33.7 Å². The van der Waals surface area contributed by atoms with Crippen LogP contribution in [0.15, 0.2) is 43.0 Å². The number of hydrogen-bond donors (Lipinski definition) is 1. The Labute approximate surface area is 177 Å². The van der Waals surface area contributed by atoms with Crippen molar-refractivity contribution in [2.45, 2.75) is 25.2 Å². The van der Waals surface area contributed by atoms with Crippen molar-refractivity contribution in [3.63, 3.8) is 0 Å². The summed E-state index contributed by atoms with van der Waals surface area (Å²) in [5.74, 6) is -4.95. The van der Waals surface area contributed by atoms with Gasteiger partial charge in [-0.25, -0.2) is 4.39 Å². The molecule has 30 heavy (non-hydrogen) atoms. The first-order chi connectivity index (χ1) is 13.6. The van der Waals surface area contributed by atoms with Gasteiger partial charge in [0, 0.05) is 11.1 Å². The molecule has 0 radical (unpaired) electrons. The van der Waals surface area contributed by atoms with E-state index in [-0.39, 0.29) is 21.7 Å². The number of aliphatic hydroxyl groups is 1. The Morgan fingerprint density at radius 1 is 1.07 bits per heavy atom. The van der Waals surface area contributed by atoms with Crippen LogP contribution in [0.2, 0.25) is 10.0 Å². The first-order valence-corrected chi connectivity index (χ1v) is 8.88. The first-order valence-electron chi connectivity index (χ1n) is 8.12. The zero-order chi connectivity index (χ0) is 23.0. The van der Waals surface area contributed by atoms with Gasteiger partial charge in [0.2, 0.25) is 0 Å². The number of rotatable bonds is 4. The van der Waals surface area contributed by atoms with Gasteiger partial charge in [-0.05, 0) is 42.3 Å². The molecule has 10 heteroatoms. The van der Waals surface area contributed by atoms with Gasteiger partial charge in [0.05, 0.1) is 15.6 Å². The van der Waals surface area contributed by atoms with Gasteiger partial charge in [0.15, 0.2) is 0 Å². The van der Waals surface area contributed by atoms with Crippen molar-refractivity contribution >= 4 is 34.8 Å². The highest BCUT2D eigenvalue weighted by Gasteiger charge is 2.40. The molecule has 0 saturated heterocycles. The molecule has 1 unspecified atom stereocenters. The minimum absolute atomic E-state index is 0.0282. The van der Waals surface area contributed by atoms with E-state index in [9.17, 15) is 35.8 Å². The standard InChI is InChI=1S/C20H13Cl2F7O/c1-9-5-12(7-16(21)18(9)22)14(19(24,25)26)8-17(23)11-3-4-13(10(2)30)15(6-11)20(27,28)29/h3-8,14,30H,2H2,1H3/b17-8-. The molecule has 0 fully saturated rings. The summed E-state index contributed by atoms with van der Waals surface area (Å²) in [5.41, 5.74) is -3.12. The average Bonchev–Trinajstić information content (AvgIpc) is 2.61. The number of hydrogen-bond acceptors (Lipinski definition) is 1. The molecule has 0 aliphatic heterocycles. The average molecular weight is 473 g/mol. The van der Waals surface area contributed by atoms with Crippen LogP contribution in [0.4, 0.5) is 30.7 Å². The predicted octanol–water partition coefficient (Wildman–Crippen LogP) is 8.51. The zero-order valence-electron chi connectivity index (χ0n) is 15.1. The molecule has 0 heterocycles. The van der Waals surface area contributed by atoms with Crippen LogP contribution in [0.25, 0.3) is 11.6 Å². The molecule has 2 rings (SSSR count). The summed E-state index contributed by atoms with van der Waals surface area (Å²) in [4.78, 5) is 0. The van der Waals surface area contributed by atoms with E-state index in [0.717, 1.165) is 24.3 Å². The number of benzene rings is 2. The Morgan fingerprint density at radius 2 is 1.67 bits per heavy atom. The normalized spacial score (nSPS) is 14.0. The Balaban J connectivity index is 2.62. The molecule has 0 aromatic heterocycles. The van der Waals surface area contributed by atoms with Crippen LogP contribution in [-0.2, 0) is 6.18 Å². The van der Waals surface area contributed by atoms with Crippen molar-refractivity contribution < 1.29 is 35.8 Å². The van der Waals surface area contributed by atoms with E-state index in [4.69, 9.17) is 23.2 Å². The maximum atomic E-state index is 14.6. The number of allylic oxidation sites excluding steroid dienone is 1. The fraction of sp³-hybridized carbons (Fsp3) is 0.200. The molecular weight excluding hydrogens is 460 g/mol. The van der Waals surface area contributed by atoms with E-state index >= 15 is 0 Å². The molecule has 0 spiro atoms. The summed E-state index contributed by atoms with van der Waals surface area (Å²) in [6.45, 7) is 4.40. The van der Waals surface area contributed by atoms with Crippen LogP contribution in [0.5, 0.6) is 0 Å². The molecule has 0 amide bonds. The maximum Gasteiger partial charge on any atom is 0.417 e. The lowest BCUT2D eigenvalue weighted by Gasteiger charge is -2.19. The Hall–Kier alpha value is -2.19. The van der Waals surface area contributed by atoms with Gasteiger partial charge in [-0.2, -0.15) is 26.3 Å². The minimum Gasteiger partial charge on any atom is -0.508 e. The third-order valence-electron chi connectivity index (χ3n) is 4.17. The fourth-order valence-electron chi connectivity index (χ4n) is 2.73. The number of halogens is 9. The highest BCUT2D eigenvalue weighted by molar-refractivity contribution is 6.42. The molecule has 0 aliphatic rings. The molecule has 1 nitrogen and oxygen atoms in total. The van der Waals surface area contributed by atoms with E-state index in [1.807, 2.05) is 0 Å². The van der Waals surface area contributed by atoms with Crippen LogP contribution in [0.3, 0.4) is 0 Å². The Bertz CT molecular complexity index is 984. The maximum absolute atomic E-state index is 14.6. The molecule has 2 aromatic rings. The zero-order valence-corrected chi connectivity index (χ0v) is 16.6. The third-order valence-corrected chi connectivity index (χ3v) is 5.07. The summed E-state index contributed by atoms with van der Waals surface area (Å²) < 4.78 is 94.9. The second-order valence-corrected chi connectivity index (χ2v) is 7.16. The molecule has 162 valence electrons. The highest BCUT2D eigenvalue weighted by Crippen LogP contribution is 2.42. The minimum atomic E-state index is -5.00. The first kappa shape index (κ1) is 24.1. The van der Waals surface area contributed by atoms with Crippen molar-refractivity contribution in [2.75, 3.05) is 0 Å². The monoisotopic (exact) mass is 472 g/mol. The molecule has 2 aromatic carbocycles. The van der Waals surface area contributed by atoms with E-state index in [1.54, 1.807) is 0 Å². The summed E-state index contributed by atoms with van der Waals surface area (Å²) in [5, 5.41) is 9.15. The van der Waals surface area contributed by atoms with Crippen molar-refractivity contribution in [3.8, 4) is 0 Å². The van der Waals surface area contributed by atoms with Gasteiger partial charge in [-0.3, -0.25) is 0 Å². The van der Waals surface area contributed by atoms with Gasteiger partial charge in [-0.15, -0.1) is 0 Å². The van der Waals surface area contributed by atoms with Crippen LogP contribution in [-0.4, -0.2) is 11.3 Å². The molecule has 1 atom stereocenters. The quantitative estimate of drug-likeness (QED) is 0.349. The van der Waals surface area contributed by atoms with Crippen molar-refractivity contribution in [2.24, 2.45) is 0 Å².